The summed E-state index contributed by atoms with van der Waals surface area (Å²) in [6, 6.07) is 12.2. The Labute approximate surface area is 129 Å². The number of benzene rings is 1. The van der Waals surface area contributed by atoms with Crippen molar-refractivity contribution in [1.82, 2.24) is 5.32 Å². The van der Waals surface area contributed by atoms with E-state index in [1.54, 1.807) is 0 Å². The second-order valence-corrected chi connectivity index (χ2v) is 6.11. The second kappa shape index (κ2) is 8.30. The lowest BCUT2D eigenvalue weighted by Gasteiger charge is -2.18. The van der Waals surface area contributed by atoms with Gasteiger partial charge in [0.25, 0.3) is 0 Å². The molecule has 1 aromatic carbocycles. The maximum Gasteiger partial charge on any atom is 0.119 e. The Kier molecular flexibility index (Phi) is 6.37. The molecule has 0 spiro atoms. The minimum absolute atomic E-state index is 0.373. The summed E-state index contributed by atoms with van der Waals surface area (Å²) in [4.78, 5) is 1.43. The van der Waals surface area contributed by atoms with Gasteiger partial charge >= 0.3 is 0 Å². The Balaban J connectivity index is 1.80. The minimum atomic E-state index is 0.373. The van der Waals surface area contributed by atoms with Gasteiger partial charge in [0.2, 0.25) is 0 Å². The smallest absolute Gasteiger partial charge is 0.119 e. The zero-order valence-corrected chi connectivity index (χ0v) is 13.2. The Hall–Kier alpha value is -1.03. The highest BCUT2D eigenvalue weighted by Gasteiger charge is 2.09. The molecule has 1 heterocycles. The van der Waals surface area contributed by atoms with E-state index in [4.69, 9.17) is 16.3 Å². The molecule has 0 saturated heterocycles. The van der Waals surface area contributed by atoms with Crippen LogP contribution in [0.25, 0.3) is 0 Å². The Morgan fingerprint density at radius 2 is 2.05 bits per heavy atom. The molecule has 20 heavy (non-hydrogen) atoms. The van der Waals surface area contributed by atoms with Crippen molar-refractivity contribution in [3.05, 3.63) is 51.7 Å². The highest BCUT2D eigenvalue weighted by molar-refractivity contribution is 7.09. The molecule has 2 aromatic rings. The molecule has 2 nitrogen and oxygen atoms in total. The molecular formula is C16H20ClNOS. The Morgan fingerprint density at radius 3 is 2.70 bits per heavy atom. The van der Waals surface area contributed by atoms with Crippen LogP contribution in [-0.4, -0.2) is 19.2 Å². The van der Waals surface area contributed by atoms with E-state index in [2.05, 4.69) is 29.8 Å². The number of aryl methyl sites for hydroxylation is 1. The number of nitrogens with one attached hydrogen (secondary N) is 1. The maximum absolute atomic E-state index is 5.86. The topological polar surface area (TPSA) is 21.3 Å². The van der Waals surface area contributed by atoms with E-state index in [1.807, 2.05) is 35.6 Å². The van der Waals surface area contributed by atoms with Crippen molar-refractivity contribution in [2.24, 2.45) is 0 Å². The zero-order valence-electron chi connectivity index (χ0n) is 11.6. The fourth-order valence-electron chi connectivity index (χ4n) is 2.03. The van der Waals surface area contributed by atoms with Gasteiger partial charge in [-0.05, 0) is 55.1 Å². The second-order valence-electron chi connectivity index (χ2n) is 4.64. The first kappa shape index (κ1) is 15.4. The SMILES string of the molecule is CCNC(CCc1cccs1)COc1ccc(Cl)cc1. The van der Waals surface area contributed by atoms with Crippen molar-refractivity contribution in [2.75, 3.05) is 13.2 Å². The first-order valence-electron chi connectivity index (χ1n) is 6.92. The van der Waals surface area contributed by atoms with E-state index in [9.17, 15) is 0 Å². The Bertz CT molecular complexity index is 484. The van der Waals surface area contributed by atoms with Gasteiger partial charge in [-0.3, -0.25) is 0 Å². The third-order valence-corrected chi connectivity index (χ3v) is 4.27. The molecule has 0 aliphatic rings. The Morgan fingerprint density at radius 1 is 1.25 bits per heavy atom. The summed E-state index contributed by atoms with van der Waals surface area (Å²) in [5.41, 5.74) is 0. The number of rotatable bonds is 8. The first-order chi connectivity index (χ1) is 9.78. The van der Waals surface area contributed by atoms with Crippen LogP contribution in [0.2, 0.25) is 5.02 Å². The lowest BCUT2D eigenvalue weighted by atomic mass is 10.1. The molecule has 1 aromatic heterocycles. The van der Waals surface area contributed by atoms with E-state index in [1.165, 1.54) is 4.88 Å². The average molecular weight is 310 g/mol. The van der Waals surface area contributed by atoms with Gasteiger partial charge in [0.15, 0.2) is 0 Å². The standard InChI is InChI=1S/C16H20ClNOS/c1-2-18-14(7-10-16-4-3-11-20-16)12-19-15-8-5-13(17)6-9-15/h3-6,8-9,11,14,18H,2,7,10,12H2,1H3. The summed E-state index contributed by atoms with van der Waals surface area (Å²) in [5, 5.41) is 6.34. The van der Waals surface area contributed by atoms with Crippen molar-refractivity contribution in [3.8, 4) is 5.75 Å². The number of halogens is 1. The quantitative estimate of drug-likeness (QED) is 0.781. The van der Waals surface area contributed by atoms with Crippen molar-refractivity contribution in [3.63, 3.8) is 0 Å². The van der Waals surface area contributed by atoms with Crippen molar-refractivity contribution >= 4 is 22.9 Å². The van der Waals surface area contributed by atoms with Crippen molar-refractivity contribution < 1.29 is 4.74 Å². The molecular weight excluding hydrogens is 290 g/mol. The van der Waals surface area contributed by atoms with Crippen LogP contribution >= 0.6 is 22.9 Å². The molecule has 0 saturated carbocycles. The van der Waals surface area contributed by atoms with Gasteiger partial charge in [-0.2, -0.15) is 0 Å². The molecule has 0 amide bonds. The molecule has 0 aliphatic heterocycles. The number of hydrogen-bond acceptors (Lipinski definition) is 3. The molecule has 1 unspecified atom stereocenters. The lowest BCUT2D eigenvalue weighted by Crippen LogP contribution is -2.34. The van der Waals surface area contributed by atoms with Crippen molar-refractivity contribution in [2.45, 2.75) is 25.8 Å². The van der Waals surface area contributed by atoms with Gasteiger partial charge in [-0.15, -0.1) is 11.3 Å². The van der Waals surface area contributed by atoms with Crippen LogP contribution in [0.1, 0.15) is 18.2 Å². The van der Waals surface area contributed by atoms with Crippen LogP contribution in [0.5, 0.6) is 5.75 Å². The number of likely N-dealkylation sites (N-methyl/N-ethyl adjacent to an activating group) is 1. The molecule has 0 radical (unpaired) electrons. The predicted octanol–water partition coefficient (Wildman–Crippen LogP) is 4.39. The highest BCUT2D eigenvalue weighted by Crippen LogP contribution is 2.17. The van der Waals surface area contributed by atoms with Crippen LogP contribution in [0.15, 0.2) is 41.8 Å². The molecule has 2 rings (SSSR count). The zero-order chi connectivity index (χ0) is 14.2. The summed E-state index contributed by atoms with van der Waals surface area (Å²) in [7, 11) is 0. The van der Waals surface area contributed by atoms with Gasteiger partial charge in [0, 0.05) is 15.9 Å². The summed E-state index contributed by atoms with van der Waals surface area (Å²) in [6.07, 6.45) is 2.18. The lowest BCUT2D eigenvalue weighted by molar-refractivity contribution is 0.259. The number of hydrogen-bond donors (Lipinski definition) is 1. The van der Waals surface area contributed by atoms with Gasteiger partial charge in [-0.25, -0.2) is 0 Å². The van der Waals surface area contributed by atoms with Crippen LogP contribution in [0.4, 0.5) is 0 Å². The summed E-state index contributed by atoms with van der Waals surface area (Å²) >= 11 is 7.68. The summed E-state index contributed by atoms with van der Waals surface area (Å²) in [6.45, 7) is 3.76. The molecule has 1 atom stereocenters. The normalized spacial score (nSPS) is 12.3. The van der Waals surface area contributed by atoms with E-state index < -0.39 is 0 Å². The average Bonchev–Trinajstić information content (AvgIpc) is 2.97. The van der Waals surface area contributed by atoms with Gasteiger partial charge in [0.05, 0.1) is 0 Å². The third-order valence-electron chi connectivity index (χ3n) is 3.08. The predicted molar refractivity (Wildman–Crippen MR) is 87.1 cm³/mol. The first-order valence-corrected chi connectivity index (χ1v) is 8.18. The van der Waals surface area contributed by atoms with E-state index >= 15 is 0 Å². The number of thiophene rings is 1. The fourth-order valence-corrected chi connectivity index (χ4v) is 2.88. The fraction of sp³-hybridized carbons (Fsp3) is 0.375. The maximum atomic E-state index is 5.86. The van der Waals surface area contributed by atoms with Gasteiger partial charge in [0.1, 0.15) is 12.4 Å². The van der Waals surface area contributed by atoms with Crippen molar-refractivity contribution in [1.29, 1.82) is 0 Å². The molecule has 0 aliphatic carbocycles. The van der Waals surface area contributed by atoms with Crippen LogP contribution < -0.4 is 10.1 Å². The van der Waals surface area contributed by atoms with Gasteiger partial charge in [-0.1, -0.05) is 24.6 Å². The summed E-state index contributed by atoms with van der Waals surface area (Å²) < 4.78 is 5.83. The number of ether oxygens (including phenoxy) is 1. The molecule has 4 heteroatoms. The highest BCUT2D eigenvalue weighted by atomic mass is 35.5. The van der Waals surface area contributed by atoms with Crippen LogP contribution in [0, 0.1) is 0 Å². The molecule has 0 fully saturated rings. The minimum Gasteiger partial charge on any atom is -0.492 e. The largest absolute Gasteiger partial charge is 0.492 e. The van der Waals surface area contributed by atoms with Crippen LogP contribution in [-0.2, 0) is 6.42 Å². The molecule has 1 N–H and O–H groups in total. The van der Waals surface area contributed by atoms with E-state index in [0.29, 0.717) is 12.6 Å². The third kappa shape index (κ3) is 5.16. The van der Waals surface area contributed by atoms with Gasteiger partial charge < -0.3 is 10.1 Å². The summed E-state index contributed by atoms with van der Waals surface area (Å²) in [5.74, 6) is 0.869. The van der Waals surface area contributed by atoms with E-state index in [0.717, 1.165) is 30.2 Å². The molecule has 0 bridgehead atoms. The monoisotopic (exact) mass is 309 g/mol. The molecule has 108 valence electrons. The van der Waals surface area contributed by atoms with E-state index in [-0.39, 0.29) is 0 Å². The van der Waals surface area contributed by atoms with Crippen LogP contribution in [0.3, 0.4) is 0 Å².